The van der Waals surface area contributed by atoms with E-state index in [0.717, 1.165) is 29.7 Å². The number of ether oxygens (including phenoxy) is 1. The molecule has 2 rings (SSSR count). The first-order valence-electron chi connectivity index (χ1n) is 7.53. The third kappa shape index (κ3) is 5.46. The molecule has 0 saturated carbocycles. The van der Waals surface area contributed by atoms with Crippen LogP contribution in [0, 0.1) is 0 Å². The van der Waals surface area contributed by atoms with Crippen molar-refractivity contribution in [2.24, 2.45) is 0 Å². The quantitative estimate of drug-likeness (QED) is 0.613. The molecule has 0 atom stereocenters. The summed E-state index contributed by atoms with van der Waals surface area (Å²) in [6.45, 7) is 0.615. The van der Waals surface area contributed by atoms with Crippen LogP contribution in [0.25, 0.3) is 6.08 Å². The van der Waals surface area contributed by atoms with E-state index in [9.17, 15) is 4.79 Å². The molecule has 120 valence electrons. The number of hydrogen-bond acceptors (Lipinski definition) is 2. The standard InChI is InChI=1S/C19H20ClNO2/c1-23-18-11-5-3-8-16(18)9-6-14-21-19(22)13-12-15-7-2-4-10-17(15)20/h2-5,7-8,10-13H,6,9,14H2,1H3,(H,21,22)/b13-12+. The lowest BCUT2D eigenvalue weighted by Crippen LogP contribution is -2.22. The van der Waals surface area contributed by atoms with Crippen LogP contribution in [0.3, 0.4) is 0 Å². The highest BCUT2D eigenvalue weighted by molar-refractivity contribution is 6.32. The van der Waals surface area contributed by atoms with Gasteiger partial charge in [0.25, 0.3) is 0 Å². The molecule has 0 saturated heterocycles. The monoisotopic (exact) mass is 329 g/mol. The summed E-state index contributed by atoms with van der Waals surface area (Å²) in [5.41, 5.74) is 1.98. The van der Waals surface area contributed by atoms with Gasteiger partial charge >= 0.3 is 0 Å². The number of amides is 1. The topological polar surface area (TPSA) is 38.3 Å². The minimum absolute atomic E-state index is 0.120. The molecule has 0 fully saturated rings. The highest BCUT2D eigenvalue weighted by Crippen LogP contribution is 2.18. The Morgan fingerprint density at radius 1 is 1.17 bits per heavy atom. The summed E-state index contributed by atoms with van der Waals surface area (Å²) in [5, 5.41) is 3.50. The van der Waals surface area contributed by atoms with Crippen molar-refractivity contribution in [3.8, 4) is 5.75 Å². The molecule has 0 spiro atoms. The fourth-order valence-electron chi connectivity index (χ4n) is 2.23. The van der Waals surface area contributed by atoms with Gasteiger partial charge in [-0.1, -0.05) is 48.0 Å². The zero-order valence-corrected chi connectivity index (χ0v) is 13.8. The van der Waals surface area contributed by atoms with E-state index in [4.69, 9.17) is 16.3 Å². The predicted molar refractivity (Wildman–Crippen MR) is 94.8 cm³/mol. The number of methoxy groups -OCH3 is 1. The Hall–Kier alpha value is -2.26. The van der Waals surface area contributed by atoms with E-state index in [1.54, 1.807) is 19.3 Å². The second-order valence-electron chi connectivity index (χ2n) is 5.06. The summed E-state index contributed by atoms with van der Waals surface area (Å²) < 4.78 is 5.31. The van der Waals surface area contributed by atoms with Gasteiger partial charge in [0, 0.05) is 17.6 Å². The molecular weight excluding hydrogens is 310 g/mol. The fraction of sp³-hybridized carbons (Fsp3) is 0.211. The molecular formula is C19H20ClNO2. The van der Waals surface area contributed by atoms with Crippen molar-refractivity contribution in [3.63, 3.8) is 0 Å². The van der Waals surface area contributed by atoms with Crippen LogP contribution in [0.1, 0.15) is 17.5 Å². The number of halogens is 1. The fourth-order valence-corrected chi connectivity index (χ4v) is 2.43. The number of aryl methyl sites for hydroxylation is 1. The Balaban J connectivity index is 1.76. The third-order valence-electron chi connectivity index (χ3n) is 3.43. The van der Waals surface area contributed by atoms with E-state index in [2.05, 4.69) is 5.32 Å². The maximum Gasteiger partial charge on any atom is 0.244 e. The predicted octanol–water partition coefficient (Wildman–Crippen LogP) is 4.11. The number of benzene rings is 2. The Morgan fingerprint density at radius 2 is 1.91 bits per heavy atom. The van der Waals surface area contributed by atoms with Crippen molar-refractivity contribution >= 4 is 23.6 Å². The molecule has 0 aromatic heterocycles. The van der Waals surface area contributed by atoms with Crippen molar-refractivity contribution in [2.45, 2.75) is 12.8 Å². The first-order chi connectivity index (χ1) is 11.2. The van der Waals surface area contributed by atoms with Crippen LogP contribution in [0.5, 0.6) is 5.75 Å². The maximum atomic E-state index is 11.8. The van der Waals surface area contributed by atoms with Crippen molar-refractivity contribution in [1.29, 1.82) is 0 Å². The second-order valence-corrected chi connectivity index (χ2v) is 5.47. The van der Waals surface area contributed by atoms with Gasteiger partial charge in [0.05, 0.1) is 7.11 Å². The molecule has 3 nitrogen and oxygen atoms in total. The molecule has 0 unspecified atom stereocenters. The lowest BCUT2D eigenvalue weighted by atomic mass is 10.1. The van der Waals surface area contributed by atoms with Gasteiger partial charge in [0.1, 0.15) is 5.75 Å². The Labute approximate surface area is 141 Å². The van der Waals surface area contributed by atoms with E-state index in [-0.39, 0.29) is 5.91 Å². The van der Waals surface area contributed by atoms with E-state index in [1.807, 2.05) is 42.5 Å². The molecule has 4 heteroatoms. The van der Waals surface area contributed by atoms with Gasteiger partial charge in [0.2, 0.25) is 5.91 Å². The highest BCUT2D eigenvalue weighted by atomic mass is 35.5. The van der Waals surface area contributed by atoms with Gasteiger partial charge in [-0.05, 0) is 42.2 Å². The minimum Gasteiger partial charge on any atom is -0.496 e. The lowest BCUT2D eigenvalue weighted by molar-refractivity contribution is -0.116. The number of rotatable bonds is 7. The Kier molecular flexibility index (Phi) is 6.70. The van der Waals surface area contributed by atoms with E-state index < -0.39 is 0 Å². The molecule has 0 heterocycles. The molecule has 0 aliphatic rings. The Bertz CT molecular complexity index is 683. The first kappa shape index (κ1) is 17.1. The van der Waals surface area contributed by atoms with Gasteiger partial charge in [0.15, 0.2) is 0 Å². The van der Waals surface area contributed by atoms with Crippen molar-refractivity contribution in [3.05, 3.63) is 70.8 Å². The van der Waals surface area contributed by atoms with E-state index in [0.29, 0.717) is 11.6 Å². The Morgan fingerprint density at radius 3 is 2.70 bits per heavy atom. The average molecular weight is 330 g/mol. The number of carbonyl (C=O) groups is 1. The van der Waals surface area contributed by atoms with Crippen LogP contribution in [0.4, 0.5) is 0 Å². The zero-order chi connectivity index (χ0) is 16.5. The smallest absolute Gasteiger partial charge is 0.244 e. The van der Waals surface area contributed by atoms with Crippen LogP contribution in [-0.2, 0) is 11.2 Å². The summed E-state index contributed by atoms with van der Waals surface area (Å²) >= 11 is 6.04. The first-order valence-corrected chi connectivity index (χ1v) is 7.91. The molecule has 2 aromatic rings. The number of para-hydroxylation sites is 1. The highest BCUT2D eigenvalue weighted by Gasteiger charge is 2.02. The van der Waals surface area contributed by atoms with Gasteiger partial charge in [-0.25, -0.2) is 0 Å². The molecule has 1 amide bonds. The molecule has 0 radical (unpaired) electrons. The lowest BCUT2D eigenvalue weighted by Gasteiger charge is -2.08. The third-order valence-corrected chi connectivity index (χ3v) is 3.78. The van der Waals surface area contributed by atoms with Gasteiger partial charge in [-0.3, -0.25) is 4.79 Å². The summed E-state index contributed by atoms with van der Waals surface area (Å²) in [4.78, 5) is 11.8. The maximum absolute atomic E-state index is 11.8. The summed E-state index contributed by atoms with van der Waals surface area (Å²) in [7, 11) is 1.67. The van der Waals surface area contributed by atoms with Crippen molar-refractivity contribution < 1.29 is 9.53 Å². The van der Waals surface area contributed by atoms with Crippen LogP contribution < -0.4 is 10.1 Å². The zero-order valence-electron chi connectivity index (χ0n) is 13.1. The van der Waals surface area contributed by atoms with Gasteiger partial charge in [-0.2, -0.15) is 0 Å². The summed E-state index contributed by atoms with van der Waals surface area (Å²) in [5.74, 6) is 0.766. The van der Waals surface area contributed by atoms with Crippen LogP contribution in [0.2, 0.25) is 5.02 Å². The van der Waals surface area contributed by atoms with Crippen LogP contribution in [0.15, 0.2) is 54.6 Å². The van der Waals surface area contributed by atoms with Crippen LogP contribution >= 0.6 is 11.6 Å². The molecule has 23 heavy (non-hydrogen) atoms. The van der Waals surface area contributed by atoms with E-state index >= 15 is 0 Å². The number of nitrogens with one attached hydrogen (secondary N) is 1. The van der Waals surface area contributed by atoms with Gasteiger partial charge in [-0.15, -0.1) is 0 Å². The summed E-state index contributed by atoms with van der Waals surface area (Å²) in [6, 6.07) is 15.3. The van der Waals surface area contributed by atoms with Crippen molar-refractivity contribution in [2.75, 3.05) is 13.7 Å². The van der Waals surface area contributed by atoms with Gasteiger partial charge < -0.3 is 10.1 Å². The molecule has 1 N–H and O–H groups in total. The molecule has 0 bridgehead atoms. The molecule has 0 aliphatic heterocycles. The number of hydrogen-bond donors (Lipinski definition) is 1. The largest absolute Gasteiger partial charge is 0.496 e. The SMILES string of the molecule is COc1ccccc1CCCNC(=O)/C=C/c1ccccc1Cl. The minimum atomic E-state index is -0.120. The molecule has 0 aliphatic carbocycles. The summed E-state index contributed by atoms with van der Waals surface area (Å²) in [6.07, 6.45) is 4.94. The van der Waals surface area contributed by atoms with Crippen molar-refractivity contribution in [1.82, 2.24) is 5.32 Å². The number of carbonyl (C=O) groups excluding carboxylic acids is 1. The second kappa shape index (κ2) is 9.01. The molecule has 2 aromatic carbocycles. The van der Waals surface area contributed by atoms with E-state index in [1.165, 1.54) is 6.08 Å². The van der Waals surface area contributed by atoms with Crippen LogP contribution in [-0.4, -0.2) is 19.6 Å². The average Bonchev–Trinajstić information content (AvgIpc) is 2.58. The normalized spacial score (nSPS) is 10.7.